The Labute approximate surface area is 167 Å². The van der Waals surface area contributed by atoms with E-state index in [9.17, 15) is 0 Å². The third kappa shape index (κ3) is 3.99. The third-order valence-electron chi connectivity index (χ3n) is 5.27. The summed E-state index contributed by atoms with van der Waals surface area (Å²) in [6.45, 7) is 5.10. The van der Waals surface area contributed by atoms with Gasteiger partial charge in [-0.15, -0.1) is 0 Å². The molecule has 2 saturated heterocycles. The summed E-state index contributed by atoms with van der Waals surface area (Å²) in [6.07, 6.45) is 5.78. The second-order valence-electron chi connectivity index (χ2n) is 7.26. The molecule has 29 heavy (non-hydrogen) atoms. The van der Waals surface area contributed by atoms with E-state index < -0.39 is 0 Å². The molecule has 0 N–H and O–H groups in total. The molecule has 1 atom stereocenters. The van der Waals surface area contributed by atoms with Crippen molar-refractivity contribution in [2.24, 2.45) is 0 Å². The summed E-state index contributed by atoms with van der Waals surface area (Å²) < 4.78 is 16.5. The first-order valence-corrected chi connectivity index (χ1v) is 9.95. The predicted octanol–water partition coefficient (Wildman–Crippen LogP) is 1.43. The van der Waals surface area contributed by atoms with E-state index in [0.717, 1.165) is 56.2 Å². The zero-order chi connectivity index (χ0) is 19.5. The van der Waals surface area contributed by atoms with Gasteiger partial charge in [0.1, 0.15) is 0 Å². The first-order valence-electron chi connectivity index (χ1n) is 9.95. The van der Waals surface area contributed by atoms with Crippen molar-refractivity contribution in [1.82, 2.24) is 25.3 Å². The number of pyridine rings is 1. The van der Waals surface area contributed by atoms with Crippen LogP contribution in [0.15, 0.2) is 29.2 Å². The Hall–Kier alpha value is -2.85. The number of piperidine rings is 1. The van der Waals surface area contributed by atoms with E-state index in [1.165, 1.54) is 0 Å². The lowest BCUT2D eigenvalue weighted by atomic mass is 10.1. The van der Waals surface area contributed by atoms with Crippen molar-refractivity contribution in [2.45, 2.75) is 25.6 Å². The molecular formula is C19H23N7O3. The Morgan fingerprint density at radius 3 is 2.59 bits per heavy atom. The number of rotatable bonds is 5. The van der Waals surface area contributed by atoms with Crippen molar-refractivity contribution in [3.63, 3.8) is 0 Å². The number of hydrogen-bond donors (Lipinski definition) is 0. The van der Waals surface area contributed by atoms with E-state index in [-0.39, 0.29) is 6.10 Å². The van der Waals surface area contributed by atoms with Crippen LogP contribution in [0.3, 0.4) is 0 Å². The molecule has 3 aromatic rings. The Morgan fingerprint density at radius 1 is 1.03 bits per heavy atom. The fourth-order valence-electron chi connectivity index (χ4n) is 3.78. The maximum atomic E-state index is 6.17. The monoisotopic (exact) mass is 397 g/mol. The molecule has 10 nitrogen and oxygen atoms in total. The molecule has 0 spiro atoms. The Balaban J connectivity index is 1.37. The number of fused-ring (bicyclic) bond motifs is 1. The van der Waals surface area contributed by atoms with Crippen LogP contribution in [-0.4, -0.2) is 70.8 Å². The molecular weight excluding hydrogens is 374 g/mol. The van der Waals surface area contributed by atoms with Crippen LogP contribution in [0, 0.1) is 0 Å². The summed E-state index contributed by atoms with van der Waals surface area (Å²) in [4.78, 5) is 18.0. The maximum absolute atomic E-state index is 6.17. The number of anilines is 2. The molecule has 5 rings (SSSR count). The molecule has 10 heteroatoms. The van der Waals surface area contributed by atoms with E-state index in [1.54, 1.807) is 6.20 Å². The highest BCUT2D eigenvalue weighted by atomic mass is 16.6. The minimum absolute atomic E-state index is 0.120. The Kier molecular flexibility index (Phi) is 5.18. The van der Waals surface area contributed by atoms with Gasteiger partial charge >= 0.3 is 0 Å². The van der Waals surface area contributed by atoms with Gasteiger partial charge in [-0.1, -0.05) is 6.07 Å². The van der Waals surface area contributed by atoms with Crippen LogP contribution in [0.25, 0.3) is 11.3 Å². The zero-order valence-corrected chi connectivity index (χ0v) is 16.1. The number of nitrogens with zero attached hydrogens (tertiary/aromatic N) is 7. The van der Waals surface area contributed by atoms with Crippen LogP contribution >= 0.6 is 0 Å². The molecule has 152 valence electrons. The summed E-state index contributed by atoms with van der Waals surface area (Å²) in [5.41, 5.74) is 1.93. The highest BCUT2D eigenvalue weighted by molar-refractivity contribution is 5.74. The van der Waals surface area contributed by atoms with Crippen molar-refractivity contribution in [3.05, 3.63) is 30.1 Å². The lowest BCUT2D eigenvalue weighted by molar-refractivity contribution is 0.0313. The van der Waals surface area contributed by atoms with E-state index in [0.29, 0.717) is 31.1 Å². The van der Waals surface area contributed by atoms with Gasteiger partial charge in [0.25, 0.3) is 0 Å². The van der Waals surface area contributed by atoms with Gasteiger partial charge in [0.15, 0.2) is 11.6 Å². The van der Waals surface area contributed by atoms with Crippen molar-refractivity contribution in [2.75, 3.05) is 49.2 Å². The van der Waals surface area contributed by atoms with Crippen LogP contribution in [0.1, 0.15) is 18.4 Å². The lowest BCUT2D eigenvalue weighted by Gasteiger charge is -2.36. The third-order valence-corrected chi connectivity index (χ3v) is 5.27. The predicted molar refractivity (Wildman–Crippen MR) is 105 cm³/mol. The summed E-state index contributed by atoms with van der Waals surface area (Å²) in [5, 5.41) is 7.76. The SMILES string of the molecule is c1cncc(CO[C@H]2CCCN(c3nc4nonc4nc3N3CCOCC3)C2)c1. The first kappa shape index (κ1) is 18.2. The molecule has 2 aliphatic rings. The largest absolute Gasteiger partial charge is 0.378 e. The fourth-order valence-corrected chi connectivity index (χ4v) is 3.78. The maximum Gasteiger partial charge on any atom is 0.245 e. The fraction of sp³-hybridized carbons (Fsp3) is 0.526. The minimum Gasteiger partial charge on any atom is -0.378 e. The normalized spacial score (nSPS) is 20.3. The Bertz CT molecular complexity index is 945. The van der Waals surface area contributed by atoms with Crippen molar-refractivity contribution in [1.29, 1.82) is 0 Å². The van der Waals surface area contributed by atoms with E-state index in [2.05, 4.69) is 25.1 Å². The summed E-state index contributed by atoms with van der Waals surface area (Å²) in [5.74, 6) is 1.62. The number of hydrogen-bond acceptors (Lipinski definition) is 10. The number of morpholine rings is 1. The molecule has 0 aromatic carbocycles. The molecule has 0 aliphatic carbocycles. The highest BCUT2D eigenvalue weighted by Gasteiger charge is 2.28. The van der Waals surface area contributed by atoms with Crippen LogP contribution in [-0.2, 0) is 16.1 Å². The molecule has 2 aliphatic heterocycles. The van der Waals surface area contributed by atoms with Gasteiger partial charge in [-0.25, -0.2) is 14.6 Å². The number of ether oxygens (including phenoxy) is 2. The molecule has 0 amide bonds. The summed E-state index contributed by atoms with van der Waals surface area (Å²) >= 11 is 0. The highest BCUT2D eigenvalue weighted by Crippen LogP contribution is 2.30. The zero-order valence-electron chi connectivity index (χ0n) is 16.1. The van der Waals surface area contributed by atoms with Crippen LogP contribution in [0.2, 0.25) is 0 Å². The van der Waals surface area contributed by atoms with Gasteiger partial charge in [-0.2, -0.15) is 0 Å². The van der Waals surface area contributed by atoms with Crippen molar-refractivity contribution < 1.29 is 14.1 Å². The molecule has 0 radical (unpaired) electrons. The molecule has 0 bridgehead atoms. The van der Waals surface area contributed by atoms with Gasteiger partial charge in [0.05, 0.1) is 25.9 Å². The van der Waals surface area contributed by atoms with Gasteiger partial charge in [-0.3, -0.25) is 4.98 Å². The molecule has 3 aromatic heterocycles. The summed E-state index contributed by atoms with van der Waals surface area (Å²) in [7, 11) is 0. The van der Waals surface area contributed by atoms with E-state index in [4.69, 9.17) is 24.1 Å². The number of aromatic nitrogens is 5. The van der Waals surface area contributed by atoms with Gasteiger partial charge in [0.2, 0.25) is 11.3 Å². The van der Waals surface area contributed by atoms with E-state index in [1.807, 2.05) is 18.3 Å². The molecule has 2 fully saturated rings. The van der Waals surface area contributed by atoms with Crippen LogP contribution in [0.5, 0.6) is 0 Å². The van der Waals surface area contributed by atoms with Crippen molar-refractivity contribution in [3.8, 4) is 0 Å². The van der Waals surface area contributed by atoms with E-state index >= 15 is 0 Å². The first-order chi connectivity index (χ1) is 14.4. The minimum atomic E-state index is 0.120. The van der Waals surface area contributed by atoms with Gasteiger partial charge in [-0.05, 0) is 34.8 Å². The van der Waals surface area contributed by atoms with Crippen molar-refractivity contribution >= 4 is 22.9 Å². The quantitative estimate of drug-likeness (QED) is 0.628. The molecule has 0 unspecified atom stereocenters. The average Bonchev–Trinajstić information content (AvgIpc) is 3.26. The molecule has 5 heterocycles. The second kappa shape index (κ2) is 8.26. The smallest absolute Gasteiger partial charge is 0.245 e. The average molecular weight is 397 g/mol. The topological polar surface area (TPSA) is 103 Å². The Morgan fingerprint density at radius 2 is 1.83 bits per heavy atom. The van der Waals surface area contributed by atoms with Crippen LogP contribution < -0.4 is 9.80 Å². The van der Waals surface area contributed by atoms with Gasteiger partial charge < -0.3 is 19.3 Å². The lowest BCUT2D eigenvalue weighted by Crippen LogP contribution is -2.43. The summed E-state index contributed by atoms with van der Waals surface area (Å²) in [6, 6.07) is 3.96. The molecule has 0 saturated carbocycles. The van der Waals surface area contributed by atoms with Crippen LogP contribution in [0.4, 0.5) is 11.6 Å². The second-order valence-corrected chi connectivity index (χ2v) is 7.26. The standard InChI is InChI=1S/C19H23N7O3/c1-3-14(11-20-5-1)13-28-15-4-2-6-26(12-15)19-18(25-7-9-27-10-8-25)21-16-17(22-19)24-29-23-16/h1,3,5,11,15H,2,4,6-10,12-13H2/t15-/m0/s1. The van der Waals surface area contributed by atoms with Gasteiger partial charge in [0, 0.05) is 38.6 Å².